The summed E-state index contributed by atoms with van der Waals surface area (Å²) in [5, 5.41) is 22.4. The van der Waals surface area contributed by atoms with Crippen LogP contribution < -0.4 is 15.5 Å². The highest BCUT2D eigenvalue weighted by atomic mass is 16.4. The molecule has 20 heavy (non-hydrogen) atoms. The fourth-order valence-electron chi connectivity index (χ4n) is 1.55. The first-order valence-corrected chi connectivity index (χ1v) is 6.12. The Morgan fingerprint density at radius 1 is 1.25 bits per heavy atom. The van der Waals surface area contributed by atoms with Crippen molar-refractivity contribution in [3.63, 3.8) is 0 Å². The summed E-state index contributed by atoms with van der Waals surface area (Å²) < 4.78 is 0. The predicted octanol–water partition coefficient (Wildman–Crippen LogP) is 0.710. The summed E-state index contributed by atoms with van der Waals surface area (Å²) in [7, 11) is 3.81. The molecule has 0 aliphatic heterocycles. The lowest BCUT2D eigenvalue weighted by atomic mass is 10.2. The number of hydrogen-bond donors (Lipinski definition) is 4. The maximum Gasteiger partial charge on any atom is 0.326 e. The molecule has 1 aromatic carbocycles. The molecule has 0 unspecified atom stereocenters. The first-order valence-electron chi connectivity index (χ1n) is 6.12. The van der Waals surface area contributed by atoms with Crippen molar-refractivity contribution < 1.29 is 19.8 Å². The number of urea groups is 1. The monoisotopic (exact) mass is 281 g/mol. The number of carboxylic acid groups (broad SMARTS) is 1. The number of benzene rings is 1. The molecule has 110 valence electrons. The van der Waals surface area contributed by atoms with Crippen molar-refractivity contribution in [2.45, 2.75) is 12.5 Å². The SMILES string of the molecule is CN(C)c1ccc(NC(=O)N[C@@H](CCO)C(=O)O)cc1. The van der Waals surface area contributed by atoms with Crippen LogP contribution in [0.4, 0.5) is 16.2 Å². The molecule has 1 atom stereocenters. The average Bonchev–Trinajstić information content (AvgIpc) is 2.38. The van der Waals surface area contributed by atoms with Crippen LogP contribution in [0, 0.1) is 0 Å². The van der Waals surface area contributed by atoms with Crippen LogP contribution >= 0.6 is 0 Å². The fraction of sp³-hybridized carbons (Fsp3) is 0.385. The van der Waals surface area contributed by atoms with Crippen LogP contribution in [0.5, 0.6) is 0 Å². The normalized spacial score (nSPS) is 11.6. The number of carbonyl (C=O) groups is 2. The molecule has 4 N–H and O–H groups in total. The summed E-state index contributed by atoms with van der Waals surface area (Å²) in [6, 6.07) is 5.37. The molecule has 0 saturated carbocycles. The van der Waals surface area contributed by atoms with E-state index in [9.17, 15) is 9.59 Å². The lowest BCUT2D eigenvalue weighted by Gasteiger charge is -2.15. The highest BCUT2D eigenvalue weighted by Crippen LogP contribution is 2.15. The Balaban J connectivity index is 2.59. The minimum atomic E-state index is -1.18. The van der Waals surface area contributed by atoms with E-state index < -0.39 is 18.0 Å². The fourth-order valence-corrected chi connectivity index (χ4v) is 1.55. The Morgan fingerprint density at radius 2 is 1.85 bits per heavy atom. The summed E-state index contributed by atoms with van der Waals surface area (Å²) in [6.45, 7) is -0.311. The standard InChI is InChI=1S/C13H19N3O4/c1-16(2)10-5-3-9(4-6-10)14-13(20)15-11(7-8-17)12(18)19/h3-6,11,17H,7-8H2,1-2H3,(H,18,19)(H2,14,15,20)/t11-/m0/s1. The van der Waals surface area contributed by atoms with Gasteiger partial charge in [0.2, 0.25) is 0 Å². The lowest BCUT2D eigenvalue weighted by Crippen LogP contribution is -2.43. The van der Waals surface area contributed by atoms with E-state index in [0.29, 0.717) is 5.69 Å². The third-order valence-corrected chi connectivity index (χ3v) is 2.66. The van der Waals surface area contributed by atoms with E-state index in [4.69, 9.17) is 10.2 Å². The van der Waals surface area contributed by atoms with Crippen LogP contribution in [0.25, 0.3) is 0 Å². The van der Waals surface area contributed by atoms with Gasteiger partial charge in [0, 0.05) is 38.5 Å². The van der Waals surface area contributed by atoms with Crippen LogP contribution in [-0.4, -0.2) is 49.0 Å². The number of carboxylic acids is 1. The summed E-state index contributed by atoms with van der Waals surface area (Å²) in [5.41, 5.74) is 1.54. The number of carbonyl (C=O) groups excluding carboxylic acids is 1. The van der Waals surface area contributed by atoms with E-state index in [0.717, 1.165) is 5.69 Å². The van der Waals surface area contributed by atoms with Crippen LogP contribution in [0.2, 0.25) is 0 Å². The number of nitrogens with one attached hydrogen (secondary N) is 2. The zero-order valence-corrected chi connectivity index (χ0v) is 11.5. The molecule has 0 aromatic heterocycles. The maximum atomic E-state index is 11.6. The third kappa shape index (κ3) is 4.77. The second-order valence-electron chi connectivity index (χ2n) is 4.44. The number of aliphatic hydroxyl groups excluding tert-OH is 1. The highest BCUT2D eigenvalue weighted by molar-refractivity contribution is 5.92. The van der Waals surface area contributed by atoms with Gasteiger partial charge in [-0.05, 0) is 24.3 Å². The average molecular weight is 281 g/mol. The molecule has 0 heterocycles. The van der Waals surface area contributed by atoms with E-state index in [2.05, 4.69) is 10.6 Å². The molecule has 2 amide bonds. The molecule has 7 heteroatoms. The molecular formula is C13H19N3O4. The molecule has 0 aliphatic carbocycles. The van der Waals surface area contributed by atoms with Crippen molar-refractivity contribution in [3.05, 3.63) is 24.3 Å². The third-order valence-electron chi connectivity index (χ3n) is 2.66. The van der Waals surface area contributed by atoms with Gasteiger partial charge >= 0.3 is 12.0 Å². The predicted molar refractivity (Wildman–Crippen MR) is 76.1 cm³/mol. The quantitative estimate of drug-likeness (QED) is 0.615. The van der Waals surface area contributed by atoms with E-state index in [1.807, 2.05) is 31.1 Å². The lowest BCUT2D eigenvalue weighted by molar-refractivity contribution is -0.139. The molecule has 0 spiro atoms. The van der Waals surface area contributed by atoms with Crippen molar-refractivity contribution in [1.29, 1.82) is 0 Å². The van der Waals surface area contributed by atoms with Crippen LogP contribution in [0.3, 0.4) is 0 Å². The van der Waals surface area contributed by atoms with Gasteiger partial charge in [0.1, 0.15) is 6.04 Å². The largest absolute Gasteiger partial charge is 0.480 e. The van der Waals surface area contributed by atoms with Gasteiger partial charge in [-0.15, -0.1) is 0 Å². The summed E-state index contributed by atoms with van der Waals surface area (Å²) >= 11 is 0. The van der Waals surface area contributed by atoms with Crippen molar-refractivity contribution >= 4 is 23.4 Å². The number of rotatable bonds is 6. The van der Waals surface area contributed by atoms with Gasteiger partial charge in [-0.3, -0.25) is 0 Å². The molecule has 1 aromatic rings. The topological polar surface area (TPSA) is 102 Å². The summed E-state index contributed by atoms with van der Waals surface area (Å²) in [6.07, 6.45) is -0.0394. The van der Waals surface area contributed by atoms with Crippen molar-refractivity contribution in [2.75, 3.05) is 30.9 Å². The summed E-state index contributed by atoms with van der Waals surface area (Å²) in [4.78, 5) is 24.4. The Bertz CT molecular complexity index is 459. The zero-order valence-electron chi connectivity index (χ0n) is 11.5. The van der Waals surface area contributed by atoms with Gasteiger partial charge in [-0.1, -0.05) is 0 Å². The van der Waals surface area contributed by atoms with Crippen molar-refractivity contribution in [3.8, 4) is 0 Å². The van der Waals surface area contributed by atoms with Crippen LogP contribution in [0.1, 0.15) is 6.42 Å². The van der Waals surface area contributed by atoms with Crippen LogP contribution in [-0.2, 0) is 4.79 Å². The Morgan fingerprint density at radius 3 is 2.30 bits per heavy atom. The first-order chi connectivity index (χ1) is 9.43. The summed E-state index contributed by atoms with van der Waals surface area (Å²) in [5.74, 6) is -1.18. The number of amides is 2. The molecular weight excluding hydrogens is 262 g/mol. The molecule has 7 nitrogen and oxygen atoms in total. The zero-order chi connectivity index (χ0) is 15.1. The van der Waals surface area contributed by atoms with Crippen LogP contribution in [0.15, 0.2) is 24.3 Å². The molecule has 0 saturated heterocycles. The first kappa shape index (κ1) is 15.8. The van der Waals surface area contributed by atoms with Gasteiger partial charge in [-0.2, -0.15) is 0 Å². The van der Waals surface area contributed by atoms with Gasteiger partial charge in [0.15, 0.2) is 0 Å². The smallest absolute Gasteiger partial charge is 0.326 e. The molecule has 0 fully saturated rings. The number of aliphatic carboxylic acids is 1. The van der Waals surface area contributed by atoms with Gasteiger partial charge in [-0.25, -0.2) is 9.59 Å². The van der Waals surface area contributed by atoms with Crippen molar-refractivity contribution in [2.24, 2.45) is 0 Å². The molecule has 0 bridgehead atoms. The van der Waals surface area contributed by atoms with Gasteiger partial charge in [0.25, 0.3) is 0 Å². The minimum absolute atomic E-state index is 0.0394. The Labute approximate surface area is 117 Å². The highest BCUT2D eigenvalue weighted by Gasteiger charge is 2.19. The second-order valence-corrected chi connectivity index (χ2v) is 4.44. The Hall–Kier alpha value is -2.28. The number of nitrogens with zero attached hydrogens (tertiary/aromatic N) is 1. The van der Waals surface area contributed by atoms with E-state index in [1.54, 1.807) is 12.1 Å². The number of hydrogen-bond acceptors (Lipinski definition) is 4. The molecule has 0 aliphatic rings. The maximum absolute atomic E-state index is 11.6. The van der Waals surface area contributed by atoms with E-state index in [-0.39, 0.29) is 13.0 Å². The molecule has 0 radical (unpaired) electrons. The van der Waals surface area contributed by atoms with E-state index in [1.165, 1.54) is 0 Å². The molecule has 1 rings (SSSR count). The van der Waals surface area contributed by atoms with Crippen molar-refractivity contribution in [1.82, 2.24) is 5.32 Å². The second kappa shape index (κ2) is 7.34. The minimum Gasteiger partial charge on any atom is -0.480 e. The number of aliphatic hydroxyl groups is 1. The number of anilines is 2. The van der Waals surface area contributed by atoms with E-state index >= 15 is 0 Å². The van der Waals surface area contributed by atoms with Gasteiger partial charge in [0.05, 0.1) is 0 Å². The Kier molecular flexibility index (Phi) is 5.79. The van der Waals surface area contributed by atoms with Gasteiger partial charge < -0.3 is 25.7 Å².